The summed E-state index contributed by atoms with van der Waals surface area (Å²) >= 11 is 13.0. The van der Waals surface area contributed by atoms with Gasteiger partial charge >= 0.3 is 0 Å². The topological polar surface area (TPSA) is 101 Å². The second-order valence-electron chi connectivity index (χ2n) is 5.84. The number of furan rings is 1. The molecule has 0 saturated carbocycles. The first-order valence-corrected chi connectivity index (χ1v) is 11.0. The third-order valence-electron chi connectivity index (χ3n) is 3.54. The van der Waals surface area contributed by atoms with E-state index in [4.69, 9.17) is 27.6 Å². The van der Waals surface area contributed by atoms with Crippen LogP contribution >= 0.6 is 34.5 Å². The second-order valence-corrected chi connectivity index (χ2v) is 9.41. The molecule has 0 saturated heterocycles. The fourth-order valence-corrected chi connectivity index (χ4v) is 4.87. The van der Waals surface area contributed by atoms with Gasteiger partial charge in [0.25, 0.3) is 10.0 Å². The molecule has 0 atom stereocenters. The molecule has 2 aromatic heterocycles. The molecule has 0 unspecified atom stereocenters. The smallest absolute Gasteiger partial charge is 0.274 e. The quantitative estimate of drug-likeness (QED) is 0.538. The molecule has 0 spiro atoms. The molecule has 28 heavy (non-hydrogen) atoms. The first kappa shape index (κ1) is 20.8. The van der Waals surface area contributed by atoms with Gasteiger partial charge in [0.1, 0.15) is 5.76 Å². The van der Waals surface area contributed by atoms with Gasteiger partial charge in [-0.2, -0.15) is 0 Å². The van der Waals surface area contributed by atoms with Crippen LogP contribution in [0.2, 0.25) is 10.0 Å². The van der Waals surface area contributed by atoms with E-state index in [0.29, 0.717) is 37.1 Å². The van der Waals surface area contributed by atoms with Gasteiger partial charge in [0, 0.05) is 26.4 Å². The summed E-state index contributed by atoms with van der Waals surface area (Å²) in [6, 6.07) is 7.71. The molecule has 1 aromatic carbocycles. The van der Waals surface area contributed by atoms with E-state index in [1.807, 2.05) is 0 Å². The number of benzene rings is 1. The number of nitrogens with one attached hydrogen (secondary N) is 2. The van der Waals surface area contributed by atoms with E-state index in [1.54, 1.807) is 31.2 Å². The number of hydrogen-bond acceptors (Lipinski definition) is 6. The predicted octanol–water partition coefficient (Wildman–Crippen LogP) is 4.95. The lowest BCUT2D eigenvalue weighted by molar-refractivity contribution is -0.114. The molecule has 0 aliphatic heterocycles. The van der Waals surface area contributed by atoms with Crippen molar-refractivity contribution in [2.75, 3.05) is 5.32 Å². The fraction of sp³-hybridized carbons (Fsp3) is 0.176. The number of carbonyl (C=O) groups excluding carboxylic acids is 1. The van der Waals surface area contributed by atoms with Crippen molar-refractivity contribution >= 4 is 55.6 Å². The van der Waals surface area contributed by atoms with Gasteiger partial charge in [0.2, 0.25) is 11.0 Å². The zero-order chi connectivity index (χ0) is 20.5. The van der Waals surface area contributed by atoms with Crippen LogP contribution in [0.4, 0.5) is 5.13 Å². The van der Waals surface area contributed by atoms with Crippen LogP contribution < -0.4 is 10.0 Å². The van der Waals surface area contributed by atoms with Gasteiger partial charge in [-0.3, -0.25) is 4.79 Å². The number of carbonyl (C=O) groups is 1. The largest absolute Gasteiger partial charge is 0.442 e. The average Bonchev–Trinajstić information content (AvgIpc) is 3.19. The zero-order valence-electron chi connectivity index (χ0n) is 14.7. The number of anilines is 1. The van der Waals surface area contributed by atoms with Gasteiger partial charge in [-0.25, -0.2) is 18.1 Å². The number of halogens is 2. The summed E-state index contributed by atoms with van der Waals surface area (Å²) in [6.45, 7) is 3.13. The molecule has 3 rings (SSSR count). The van der Waals surface area contributed by atoms with E-state index < -0.39 is 10.0 Å². The SMILES string of the molecule is CC(=O)Nc1nc(C)c(-c2ccc(S(=O)(=O)NCc3cc(Cl)cc(Cl)c3)o2)s1.[HH].[HH]. The van der Waals surface area contributed by atoms with Crippen LogP contribution in [0.15, 0.2) is 39.8 Å². The van der Waals surface area contributed by atoms with Crippen molar-refractivity contribution in [1.82, 2.24) is 9.71 Å². The van der Waals surface area contributed by atoms with Crippen molar-refractivity contribution in [3.05, 3.63) is 51.6 Å². The van der Waals surface area contributed by atoms with Gasteiger partial charge in [0.15, 0.2) is 5.13 Å². The highest BCUT2D eigenvalue weighted by molar-refractivity contribution is 7.89. The maximum absolute atomic E-state index is 12.5. The maximum Gasteiger partial charge on any atom is 0.274 e. The Bertz CT molecular complexity index is 1130. The minimum absolute atomic E-state index is 0. The Balaban J connectivity index is 0.00000225. The molecule has 3 aromatic rings. The molecular weight excluding hydrogens is 445 g/mol. The predicted molar refractivity (Wildman–Crippen MR) is 114 cm³/mol. The summed E-state index contributed by atoms with van der Waals surface area (Å²) in [5.41, 5.74) is 1.24. The van der Waals surface area contributed by atoms with Gasteiger partial charge in [-0.15, -0.1) is 0 Å². The van der Waals surface area contributed by atoms with Gasteiger partial charge < -0.3 is 9.73 Å². The van der Waals surface area contributed by atoms with E-state index in [1.165, 1.54) is 24.3 Å². The summed E-state index contributed by atoms with van der Waals surface area (Å²) in [5.74, 6) is 0.103. The van der Waals surface area contributed by atoms with E-state index in [-0.39, 0.29) is 20.4 Å². The summed E-state index contributed by atoms with van der Waals surface area (Å²) in [6.07, 6.45) is 0. The monoisotopic (exact) mass is 463 g/mol. The Kier molecular flexibility index (Phi) is 6.11. The van der Waals surface area contributed by atoms with Crippen LogP contribution in [-0.4, -0.2) is 19.3 Å². The van der Waals surface area contributed by atoms with Crippen molar-refractivity contribution in [2.45, 2.75) is 25.5 Å². The van der Waals surface area contributed by atoms with Crippen LogP contribution in [0, 0.1) is 6.92 Å². The molecule has 0 fully saturated rings. The molecule has 2 N–H and O–H groups in total. The number of nitrogens with zero attached hydrogens (tertiary/aromatic N) is 1. The molecule has 0 bridgehead atoms. The van der Waals surface area contributed by atoms with Crippen molar-refractivity contribution < 1.29 is 20.5 Å². The van der Waals surface area contributed by atoms with Crippen molar-refractivity contribution in [3.63, 3.8) is 0 Å². The summed E-state index contributed by atoms with van der Waals surface area (Å²) in [5, 5.41) is 3.61. The van der Waals surface area contributed by atoms with Crippen LogP contribution in [-0.2, 0) is 21.4 Å². The van der Waals surface area contributed by atoms with E-state index in [9.17, 15) is 13.2 Å². The van der Waals surface area contributed by atoms with Crippen LogP contribution in [0.1, 0.15) is 21.0 Å². The highest BCUT2D eigenvalue weighted by atomic mass is 35.5. The van der Waals surface area contributed by atoms with E-state index >= 15 is 0 Å². The van der Waals surface area contributed by atoms with Crippen LogP contribution in [0.3, 0.4) is 0 Å². The highest BCUT2D eigenvalue weighted by Crippen LogP contribution is 2.34. The van der Waals surface area contributed by atoms with Crippen LogP contribution in [0.25, 0.3) is 10.6 Å². The number of sulfonamides is 1. The van der Waals surface area contributed by atoms with Crippen molar-refractivity contribution in [1.29, 1.82) is 0 Å². The molecule has 2 heterocycles. The van der Waals surface area contributed by atoms with Gasteiger partial charge in [-0.05, 0) is 42.8 Å². The standard InChI is InChI=1S/C17H15Cl2N3O4S2.2H2/c1-9-16(27-17(21-9)22-10(2)23)14-3-4-15(26-14)28(24,25)20-8-11-5-12(18)7-13(19)6-11;;/h3-7,20H,8H2,1-2H3,(H,21,22,23);2*1H. The highest BCUT2D eigenvalue weighted by Gasteiger charge is 2.21. The first-order chi connectivity index (χ1) is 13.1. The Morgan fingerprint density at radius 1 is 1.25 bits per heavy atom. The number of aromatic nitrogens is 1. The van der Waals surface area contributed by atoms with E-state index in [2.05, 4.69) is 15.0 Å². The summed E-state index contributed by atoms with van der Waals surface area (Å²) in [7, 11) is -3.88. The molecule has 0 aliphatic rings. The lowest BCUT2D eigenvalue weighted by Crippen LogP contribution is -2.22. The third-order valence-corrected chi connectivity index (χ3v) is 6.34. The average molecular weight is 464 g/mol. The Morgan fingerprint density at radius 3 is 2.57 bits per heavy atom. The lowest BCUT2D eigenvalue weighted by Gasteiger charge is -2.05. The third kappa shape index (κ3) is 4.92. The number of thiazole rings is 1. The molecule has 0 radical (unpaired) electrons. The molecule has 7 nitrogen and oxygen atoms in total. The van der Waals surface area contributed by atoms with Crippen molar-refractivity contribution in [2.24, 2.45) is 0 Å². The second kappa shape index (κ2) is 8.22. The Labute approximate surface area is 178 Å². The van der Waals surface area contributed by atoms with Crippen LogP contribution in [0.5, 0.6) is 0 Å². The maximum atomic E-state index is 12.5. The fourth-order valence-electron chi connectivity index (χ4n) is 2.38. The Hall–Kier alpha value is -1.91. The lowest BCUT2D eigenvalue weighted by atomic mass is 10.2. The van der Waals surface area contributed by atoms with Gasteiger partial charge in [-0.1, -0.05) is 34.5 Å². The zero-order valence-corrected chi connectivity index (χ0v) is 17.9. The molecule has 0 aliphatic carbocycles. The number of rotatable bonds is 6. The summed E-state index contributed by atoms with van der Waals surface area (Å²) < 4.78 is 33.0. The molecule has 11 heteroatoms. The van der Waals surface area contributed by atoms with E-state index in [0.717, 1.165) is 0 Å². The number of aryl methyl sites for hydroxylation is 1. The Morgan fingerprint density at radius 2 is 1.93 bits per heavy atom. The molecule has 152 valence electrons. The number of amides is 1. The number of hydrogen-bond donors (Lipinski definition) is 2. The minimum Gasteiger partial charge on any atom is -0.442 e. The minimum atomic E-state index is -3.88. The molecular formula is C17H19Cl2N3O4S2. The van der Waals surface area contributed by atoms with Crippen molar-refractivity contribution in [3.8, 4) is 10.6 Å². The van der Waals surface area contributed by atoms with Gasteiger partial charge in [0.05, 0.1) is 10.6 Å². The normalized spacial score (nSPS) is 11.6. The first-order valence-electron chi connectivity index (χ1n) is 7.94. The molecule has 1 amide bonds. The summed E-state index contributed by atoms with van der Waals surface area (Å²) in [4.78, 5) is 16.0.